The molecule has 0 bridgehead atoms. The van der Waals surface area contributed by atoms with E-state index < -0.39 is 11.7 Å². The van der Waals surface area contributed by atoms with Crippen molar-refractivity contribution in [1.82, 2.24) is 20.4 Å². The molecule has 0 spiro atoms. The van der Waals surface area contributed by atoms with E-state index in [1.807, 2.05) is 31.2 Å². The van der Waals surface area contributed by atoms with E-state index in [0.29, 0.717) is 31.6 Å². The van der Waals surface area contributed by atoms with Gasteiger partial charge in [0.1, 0.15) is 5.82 Å². The number of carbonyl (C=O) groups is 3. The van der Waals surface area contributed by atoms with Crippen molar-refractivity contribution in [3.05, 3.63) is 75.5 Å². The van der Waals surface area contributed by atoms with Gasteiger partial charge in [0.2, 0.25) is 15.9 Å². The number of hydrogen-bond donors (Lipinski definition) is 2. The van der Waals surface area contributed by atoms with Crippen LogP contribution in [-0.2, 0) is 11.3 Å². The number of rotatable bonds is 6. The first kappa shape index (κ1) is 23.5. The van der Waals surface area contributed by atoms with Crippen molar-refractivity contribution in [3.8, 4) is 0 Å². The number of likely N-dealkylation sites (tertiary alicyclic amines) is 1. The van der Waals surface area contributed by atoms with Gasteiger partial charge in [-0.3, -0.25) is 14.4 Å². The highest BCUT2D eigenvalue weighted by molar-refractivity contribution is 7.15. The Bertz CT molecular complexity index is 1200. The number of aryl methyl sites for hydroxylation is 1. The van der Waals surface area contributed by atoms with E-state index in [2.05, 4.69) is 20.8 Å². The van der Waals surface area contributed by atoms with E-state index in [1.54, 1.807) is 4.90 Å². The van der Waals surface area contributed by atoms with E-state index in [1.165, 1.54) is 24.3 Å². The van der Waals surface area contributed by atoms with Gasteiger partial charge in [-0.2, -0.15) is 0 Å². The molecule has 1 aliphatic rings. The third kappa shape index (κ3) is 5.63. The largest absolute Gasteiger partial charge is 0.352 e. The Labute approximate surface area is 200 Å². The minimum atomic E-state index is -0.532. The number of hydrogen-bond acceptors (Lipinski definition) is 6. The minimum Gasteiger partial charge on any atom is -0.352 e. The van der Waals surface area contributed by atoms with E-state index in [0.717, 1.165) is 22.5 Å². The molecular formula is C24H24FN5O3S. The van der Waals surface area contributed by atoms with Crippen LogP contribution in [0.15, 0.2) is 48.5 Å². The maximum absolute atomic E-state index is 13.0. The van der Waals surface area contributed by atoms with Gasteiger partial charge in [-0.25, -0.2) is 4.39 Å². The number of carbonyl (C=O) groups excluding carboxylic acids is 3. The highest BCUT2D eigenvalue weighted by atomic mass is 32.1. The lowest BCUT2D eigenvalue weighted by Gasteiger charge is -2.31. The van der Waals surface area contributed by atoms with Crippen molar-refractivity contribution in [2.24, 2.45) is 5.92 Å². The molecule has 0 radical (unpaired) electrons. The summed E-state index contributed by atoms with van der Waals surface area (Å²) in [7, 11) is 0. The molecule has 0 saturated carbocycles. The van der Waals surface area contributed by atoms with Crippen molar-refractivity contribution >= 4 is 34.7 Å². The summed E-state index contributed by atoms with van der Waals surface area (Å²) < 4.78 is 13.0. The van der Waals surface area contributed by atoms with Crippen molar-refractivity contribution in [2.45, 2.75) is 26.3 Å². The summed E-state index contributed by atoms with van der Waals surface area (Å²) in [6.07, 6.45) is 1.40. The Hall–Kier alpha value is -3.66. The summed E-state index contributed by atoms with van der Waals surface area (Å²) >= 11 is 0.884. The number of amides is 3. The Morgan fingerprint density at radius 3 is 2.59 bits per heavy atom. The van der Waals surface area contributed by atoms with Crippen LogP contribution in [0.2, 0.25) is 0 Å². The van der Waals surface area contributed by atoms with Crippen LogP contribution >= 0.6 is 11.3 Å². The predicted octanol–water partition coefficient (Wildman–Crippen LogP) is 3.41. The smallest absolute Gasteiger partial charge is 0.286 e. The zero-order valence-electron chi connectivity index (χ0n) is 18.6. The average Bonchev–Trinajstić information content (AvgIpc) is 3.35. The summed E-state index contributed by atoms with van der Waals surface area (Å²) in [4.78, 5) is 39.7. The lowest BCUT2D eigenvalue weighted by molar-refractivity contribution is -0.126. The van der Waals surface area contributed by atoms with Crippen LogP contribution in [0.4, 0.5) is 10.1 Å². The van der Waals surface area contributed by atoms with Crippen LogP contribution < -0.4 is 10.6 Å². The molecule has 1 fully saturated rings. The SMILES string of the molecule is Cc1ccccc1CNC(=O)C1CCCN(C(=O)c2nnc(C(=O)Nc3ccc(F)cc3)s2)C1. The second kappa shape index (κ2) is 10.5. The number of nitrogens with one attached hydrogen (secondary N) is 2. The molecule has 1 atom stereocenters. The van der Waals surface area contributed by atoms with Gasteiger partial charge < -0.3 is 15.5 Å². The maximum Gasteiger partial charge on any atom is 0.286 e. The van der Waals surface area contributed by atoms with E-state index in [-0.39, 0.29) is 34.3 Å². The molecule has 2 heterocycles. The first-order valence-electron chi connectivity index (χ1n) is 10.9. The minimum absolute atomic E-state index is 0.0252. The summed E-state index contributed by atoms with van der Waals surface area (Å²) in [5, 5.41) is 13.4. The fourth-order valence-corrected chi connectivity index (χ4v) is 4.47. The summed E-state index contributed by atoms with van der Waals surface area (Å²) in [5.41, 5.74) is 2.57. The van der Waals surface area contributed by atoms with Crippen molar-refractivity contribution in [3.63, 3.8) is 0 Å². The molecular weight excluding hydrogens is 457 g/mol. The number of nitrogens with zero attached hydrogens (tertiary/aromatic N) is 3. The molecule has 3 amide bonds. The van der Waals surface area contributed by atoms with Crippen LogP contribution in [0.3, 0.4) is 0 Å². The number of halogens is 1. The normalized spacial score (nSPS) is 15.6. The molecule has 3 aromatic rings. The molecule has 0 aliphatic carbocycles. The predicted molar refractivity (Wildman–Crippen MR) is 126 cm³/mol. The fourth-order valence-electron chi connectivity index (χ4n) is 3.77. The van der Waals surface area contributed by atoms with Gasteiger partial charge >= 0.3 is 0 Å². The van der Waals surface area contributed by atoms with Gasteiger partial charge in [-0.05, 0) is 55.2 Å². The van der Waals surface area contributed by atoms with E-state index in [9.17, 15) is 18.8 Å². The first-order valence-corrected chi connectivity index (χ1v) is 11.7. The second-order valence-electron chi connectivity index (χ2n) is 8.11. The standard InChI is InChI=1S/C24H24FN5O3S/c1-15-5-2-3-6-16(15)13-26-20(31)17-7-4-12-30(14-17)24(33)23-29-28-22(34-23)21(32)27-19-10-8-18(25)9-11-19/h2-3,5-6,8-11,17H,4,7,12-14H2,1H3,(H,26,31)(H,27,32). The average molecular weight is 482 g/mol. The lowest BCUT2D eigenvalue weighted by atomic mass is 9.97. The molecule has 34 heavy (non-hydrogen) atoms. The number of aromatic nitrogens is 2. The van der Waals surface area contributed by atoms with Gasteiger partial charge in [0.15, 0.2) is 0 Å². The fraction of sp³-hybridized carbons (Fsp3) is 0.292. The van der Waals surface area contributed by atoms with Gasteiger partial charge in [0.05, 0.1) is 5.92 Å². The third-order valence-corrected chi connectivity index (χ3v) is 6.61. The Morgan fingerprint density at radius 2 is 1.82 bits per heavy atom. The molecule has 1 aromatic heterocycles. The Morgan fingerprint density at radius 1 is 1.09 bits per heavy atom. The highest BCUT2D eigenvalue weighted by Crippen LogP contribution is 2.21. The van der Waals surface area contributed by atoms with Crippen LogP contribution in [0, 0.1) is 18.7 Å². The third-order valence-electron chi connectivity index (χ3n) is 5.70. The van der Waals surface area contributed by atoms with E-state index in [4.69, 9.17) is 0 Å². The monoisotopic (exact) mass is 481 g/mol. The Balaban J connectivity index is 1.34. The number of anilines is 1. The number of piperidine rings is 1. The maximum atomic E-state index is 13.0. The van der Waals surface area contributed by atoms with E-state index >= 15 is 0 Å². The van der Waals surface area contributed by atoms with Crippen molar-refractivity contribution in [1.29, 1.82) is 0 Å². The quantitative estimate of drug-likeness (QED) is 0.562. The zero-order valence-corrected chi connectivity index (χ0v) is 19.4. The molecule has 1 aliphatic heterocycles. The molecule has 176 valence electrons. The highest BCUT2D eigenvalue weighted by Gasteiger charge is 2.31. The van der Waals surface area contributed by atoms with Crippen molar-refractivity contribution < 1.29 is 18.8 Å². The molecule has 2 aromatic carbocycles. The van der Waals surface area contributed by atoms with Crippen LogP contribution in [0.25, 0.3) is 0 Å². The van der Waals surface area contributed by atoms with Crippen LogP contribution in [-0.4, -0.2) is 45.9 Å². The first-order chi connectivity index (χ1) is 16.4. The summed E-state index contributed by atoms with van der Waals surface area (Å²) in [6.45, 7) is 3.24. The molecule has 1 saturated heterocycles. The van der Waals surface area contributed by atoms with Gasteiger partial charge in [0.25, 0.3) is 11.8 Å². The Kier molecular flexibility index (Phi) is 7.27. The molecule has 4 rings (SSSR count). The summed E-state index contributed by atoms with van der Waals surface area (Å²) in [5.74, 6) is -1.69. The molecule has 2 N–H and O–H groups in total. The van der Waals surface area contributed by atoms with Crippen LogP contribution in [0.1, 0.15) is 43.6 Å². The lowest BCUT2D eigenvalue weighted by Crippen LogP contribution is -2.45. The number of benzene rings is 2. The molecule has 10 heteroatoms. The molecule has 1 unspecified atom stereocenters. The topological polar surface area (TPSA) is 104 Å². The van der Waals surface area contributed by atoms with Gasteiger partial charge in [-0.1, -0.05) is 35.6 Å². The zero-order chi connectivity index (χ0) is 24.1. The van der Waals surface area contributed by atoms with Gasteiger partial charge in [-0.15, -0.1) is 10.2 Å². The van der Waals surface area contributed by atoms with Crippen LogP contribution in [0.5, 0.6) is 0 Å². The molecule has 8 nitrogen and oxygen atoms in total. The second-order valence-corrected chi connectivity index (χ2v) is 9.09. The van der Waals surface area contributed by atoms with Crippen molar-refractivity contribution in [2.75, 3.05) is 18.4 Å². The summed E-state index contributed by atoms with van der Waals surface area (Å²) in [6, 6.07) is 13.2. The van der Waals surface area contributed by atoms with Gasteiger partial charge in [0, 0.05) is 25.3 Å².